The van der Waals surface area contributed by atoms with Crippen LogP contribution in [-0.2, 0) is 9.53 Å². The average molecular weight is 368 g/mol. The van der Waals surface area contributed by atoms with Gasteiger partial charge in [0.25, 0.3) is 0 Å². The molecule has 0 saturated carbocycles. The van der Waals surface area contributed by atoms with Gasteiger partial charge in [-0.1, -0.05) is 18.2 Å². The van der Waals surface area contributed by atoms with Crippen molar-refractivity contribution < 1.29 is 23.8 Å². The molecule has 0 saturated heterocycles. The Kier molecular flexibility index (Phi) is 4.11. The molecular formula is C18H16N4O5. The summed E-state index contributed by atoms with van der Waals surface area (Å²) >= 11 is 0. The highest BCUT2D eigenvalue weighted by molar-refractivity contribution is 6.06. The molecule has 4 rings (SSSR count). The van der Waals surface area contributed by atoms with E-state index in [0.717, 1.165) is 11.3 Å². The van der Waals surface area contributed by atoms with Crippen LogP contribution in [0.3, 0.4) is 0 Å². The molecule has 1 N–H and O–H groups in total. The number of carbonyl (C=O) groups is 2. The topological polar surface area (TPSA) is 104 Å². The first-order valence-electron chi connectivity index (χ1n) is 8.28. The van der Waals surface area contributed by atoms with Gasteiger partial charge in [-0.15, -0.1) is 0 Å². The molecule has 0 radical (unpaired) electrons. The van der Waals surface area contributed by atoms with Crippen LogP contribution in [0.5, 0.6) is 11.5 Å². The van der Waals surface area contributed by atoms with Crippen molar-refractivity contribution in [1.82, 2.24) is 14.6 Å². The summed E-state index contributed by atoms with van der Waals surface area (Å²) < 4.78 is 16.9. The number of aromatic nitrogens is 3. The predicted molar refractivity (Wildman–Crippen MR) is 94.1 cm³/mol. The zero-order valence-electron chi connectivity index (χ0n) is 14.6. The van der Waals surface area contributed by atoms with Crippen LogP contribution >= 0.6 is 0 Å². The fourth-order valence-electron chi connectivity index (χ4n) is 3.18. The smallest absolute Gasteiger partial charge is 0.491 e. The number of nitrogens with one attached hydrogen (secondary N) is 1. The molecular weight excluding hydrogens is 352 g/mol. The molecule has 0 spiro atoms. The van der Waals surface area contributed by atoms with Crippen molar-refractivity contribution in [3.8, 4) is 11.5 Å². The third kappa shape index (κ3) is 2.73. The van der Waals surface area contributed by atoms with Crippen molar-refractivity contribution in [2.45, 2.75) is 12.8 Å². The molecule has 1 amide bonds. The number of anilines is 1. The zero-order valence-corrected chi connectivity index (χ0v) is 14.6. The molecule has 1 aromatic carbocycles. The summed E-state index contributed by atoms with van der Waals surface area (Å²) in [5.41, 5.74) is 2.43. The third-order valence-electron chi connectivity index (χ3n) is 4.25. The van der Waals surface area contributed by atoms with E-state index in [4.69, 9.17) is 14.2 Å². The van der Waals surface area contributed by atoms with Crippen LogP contribution in [-0.4, -0.2) is 40.4 Å². The molecule has 1 aliphatic heterocycles. The Balaban J connectivity index is 1.86. The SMILES string of the molecule is CCOC(=O)Oc1cn2ncnc(C3C(=O)Nc4ccccc43)c2c1OC. The van der Waals surface area contributed by atoms with Gasteiger partial charge in [-0.3, -0.25) is 4.79 Å². The van der Waals surface area contributed by atoms with E-state index in [1.54, 1.807) is 6.92 Å². The average Bonchev–Trinajstić information content (AvgIpc) is 3.17. The molecule has 1 aliphatic rings. The Hall–Kier alpha value is -3.62. The Bertz CT molecular complexity index is 1050. The van der Waals surface area contributed by atoms with Crippen LogP contribution in [0, 0.1) is 0 Å². The van der Waals surface area contributed by atoms with Gasteiger partial charge in [-0.05, 0) is 18.6 Å². The minimum absolute atomic E-state index is 0.129. The van der Waals surface area contributed by atoms with Crippen LogP contribution in [0.25, 0.3) is 5.52 Å². The molecule has 9 nitrogen and oxygen atoms in total. The zero-order chi connectivity index (χ0) is 19.0. The second-order valence-corrected chi connectivity index (χ2v) is 5.76. The Morgan fingerprint density at radius 3 is 2.93 bits per heavy atom. The minimum atomic E-state index is -0.856. The van der Waals surface area contributed by atoms with Gasteiger partial charge in [0.1, 0.15) is 17.8 Å². The fraction of sp³-hybridized carbons (Fsp3) is 0.222. The summed E-state index contributed by atoms with van der Waals surface area (Å²) in [5, 5.41) is 6.99. The molecule has 3 aromatic rings. The summed E-state index contributed by atoms with van der Waals surface area (Å²) in [7, 11) is 1.44. The second kappa shape index (κ2) is 6.60. The number of para-hydroxylation sites is 1. The van der Waals surface area contributed by atoms with Crippen LogP contribution in [0.2, 0.25) is 0 Å². The highest BCUT2D eigenvalue weighted by Crippen LogP contribution is 2.42. The van der Waals surface area contributed by atoms with E-state index in [1.165, 1.54) is 24.1 Å². The number of nitrogens with zero attached hydrogens (tertiary/aromatic N) is 3. The number of hydrogen-bond donors (Lipinski definition) is 1. The van der Waals surface area contributed by atoms with E-state index in [2.05, 4.69) is 15.4 Å². The van der Waals surface area contributed by atoms with Gasteiger partial charge in [0.15, 0.2) is 11.5 Å². The largest absolute Gasteiger partial charge is 0.514 e. The van der Waals surface area contributed by atoms with Crippen LogP contribution in [0.1, 0.15) is 24.1 Å². The van der Waals surface area contributed by atoms with Crippen molar-refractivity contribution >= 4 is 23.3 Å². The highest BCUT2D eigenvalue weighted by Gasteiger charge is 2.36. The second-order valence-electron chi connectivity index (χ2n) is 5.76. The van der Waals surface area contributed by atoms with Crippen molar-refractivity contribution in [1.29, 1.82) is 0 Å². The monoisotopic (exact) mass is 368 g/mol. The third-order valence-corrected chi connectivity index (χ3v) is 4.25. The summed E-state index contributed by atoms with van der Waals surface area (Å²) in [5.74, 6) is -0.459. The summed E-state index contributed by atoms with van der Waals surface area (Å²) in [6.45, 7) is 1.85. The first kappa shape index (κ1) is 16.8. The van der Waals surface area contributed by atoms with Gasteiger partial charge in [0.2, 0.25) is 5.91 Å². The summed E-state index contributed by atoms with van der Waals surface area (Å²) in [6.07, 6.45) is 1.96. The maximum atomic E-state index is 12.6. The first-order chi connectivity index (χ1) is 13.1. The van der Waals surface area contributed by atoms with Gasteiger partial charge >= 0.3 is 6.16 Å². The predicted octanol–water partition coefficient (Wildman–Crippen LogP) is 2.36. The normalized spacial score (nSPS) is 15.3. The summed E-state index contributed by atoms with van der Waals surface area (Å²) in [6, 6.07) is 7.40. The van der Waals surface area contributed by atoms with E-state index < -0.39 is 12.1 Å². The lowest BCUT2D eigenvalue weighted by Crippen LogP contribution is -2.16. The Morgan fingerprint density at radius 2 is 2.15 bits per heavy atom. The highest BCUT2D eigenvalue weighted by atomic mass is 16.7. The lowest BCUT2D eigenvalue weighted by molar-refractivity contribution is -0.116. The Labute approximate surface area is 153 Å². The van der Waals surface area contributed by atoms with Crippen molar-refractivity contribution in [3.05, 3.63) is 48.0 Å². The number of fused-ring (bicyclic) bond motifs is 2. The van der Waals surface area contributed by atoms with E-state index in [1.807, 2.05) is 24.3 Å². The van der Waals surface area contributed by atoms with Gasteiger partial charge in [0.05, 0.1) is 25.6 Å². The van der Waals surface area contributed by atoms with Crippen molar-refractivity contribution in [2.75, 3.05) is 19.0 Å². The molecule has 0 aliphatic carbocycles. The number of ether oxygens (including phenoxy) is 3. The molecule has 0 bridgehead atoms. The first-order valence-corrected chi connectivity index (χ1v) is 8.28. The van der Waals surface area contributed by atoms with Crippen molar-refractivity contribution in [2.24, 2.45) is 0 Å². The van der Waals surface area contributed by atoms with E-state index >= 15 is 0 Å². The molecule has 27 heavy (non-hydrogen) atoms. The van der Waals surface area contributed by atoms with Gasteiger partial charge < -0.3 is 19.5 Å². The van der Waals surface area contributed by atoms with E-state index in [9.17, 15) is 9.59 Å². The molecule has 138 valence electrons. The number of benzene rings is 1. The number of amides is 1. The number of hydrogen-bond acceptors (Lipinski definition) is 7. The molecule has 1 atom stereocenters. The minimum Gasteiger partial charge on any atom is -0.491 e. The van der Waals surface area contributed by atoms with Gasteiger partial charge in [-0.25, -0.2) is 14.3 Å². The van der Waals surface area contributed by atoms with Crippen molar-refractivity contribution in [3.63, 3.8) is 0 Å². The van der Waals surface area contributed by atoms with E-state index in [-0.39, 0.29) is 24.0 Å². The van der Waals surface area contributed by atoms with Crippen LogP contribution in [0.15, 0.2) is 36.8 Å². The van der Waals surface area contributed by atoms with Crippen LogP contribution in [0.4, 0.5) is 10.5 Å². The fourth-order valence-corrected chi connectivity index (χ4v) is 3.18. The van der Waals surface area contributed by atoms with E-state index in [0.29, 0.717) is 11.2 Å². The Morgan fingerprint density at radius 1 is 1.33 bits per heavy atom. The number of carbonyl (C=O) groups excluding carboxylic acids is 2. The lowest BCUT2D eigenvalue weighted by atomic mass is 9.96. The van der Waals surface area contributed by atoms with Crippen LogP contribution < -0.4 is 14.8 Å². The molecule has 2 aromatic heterocycles. The molecule has 9 heteroatoms. The number of rotatable bonds is 4. The standard InChI is InChI=1S/C18H16N4O5/c1-3-26-18(24)27-12-8-22-15(16(12)25-2)14(19-9-20-22)13-10-6-4-5-7-11(10)21-17(13)23/h4-9,13H,3H2,1-2H3,(H,21,23). The molecule has 1 unspecified atom stereocenters. The maximum Gasteiger partial charge on any atom is 0.514 e. The quantitative estimate of drug-likeness (QED) is 0.705. The maximum absolute atomic E-state index is 12.6. The molecule has 3 heterocycles. The number of methoxy groups -OCH3 is 1. The van der Waals surface area contributed by atoms with Gasteiger partial charge in [0, 0.05) is 5.69 Å². The lowest BCUT2D eigenvalue weighted by Gasteiger charge is -2.11. The van der Waals surface area contributed by atoms with Gasteiger partial charge in [-0.2, -0.15) is 5.10 Å². The molecule has 0 fully saturated rings. The summed E-state index contributed by atoms with van der Waals surface area (Å²) in [4.78, 5) is 28.7.